The van der Waals surface area contributed by atoms with Crippen LogP contribution in [0, 0.1) is 34.5 Å². The minimum Gasteiger partial charge on any atom is -0.497 e. The predicted molar refractivity (Wildman–Crippen MR) is 147 cm³/mol. The number of hydrogen-bond acceptors (Lipinski definition) is 5. The number of carbonyl (C=O) groups is 2. The van der Waals surface area contributed by atoms with Gasteiger partial charge in [-0.3, -0.25) is 9.59 Å². The standard InChI is InChI=1S/C32H47NO5/c1-6-29(35)33(19-21-15-23(37-4)17-24(16-21)38-5)20-32(36)14-13-30(2)22(18-32)7-8-25-26-9-10-28(34)31(26,3)12-11-27(25)30/h15-17,22,25-27,36H,6-14,18-20H2,1-5H3/t22-,25-,26-,27-,30-,31-,32+/m0/s1. The third-order valence-electron chi connectivity index (χ3n) is 11.5. The number of methoxy groups -OCH3 is 2. The Morgan fingerprint density at radius 3 is 2.37 bits per heavy atom. The van der Waals surface area contributed by atoms with Crippen LogP contribution < -0.4 is 9.47 Å². The molecule has 4 fully saturated rings. The van der Waals surface area contributed by atoms with E-state index in [4.69, 9.17) is 9.47 Å². The summed E-state index contributed by atoms with van der Waals surface area (Å²) in [6, 6.07) is 5.70. The maximum Gasteiger partial charge on any atom is 0.222 e. The molecule has 0 radical (unpaired) electrons. The number of carbonyl (C=O) groups excluding carboxylic acids is 2. The molecule has 0 saturated heterocycles. The number of amides is 1. The van der Waals surface area contributed by atoms with E-state index >= 15 is 0 Å². The first kappa shape index (κ1) is 27.5. The topological polar surface area (TPSA) is 76.1 Å². The van der Waals surface area contributed by atoms with E-state index in [1.807, 2.05) is 30.0 Å². The van der Waals surface area contributed by atoms with Crippen LogP contribution in [0.2, 0.25) is 0 Å². The van der Waals surface area contributed by atoms with Gasteiger partial charge in [-0.15, -0.1) is 0 Å². The molecule has 1 aromatic carbocycles. The molecule has 1 N–H and O–H groups in total. The molecular weight excluding hydrogens is 478 g/mol. The number of ether oxygens (including phenoxy) is 2. The Morgan fingerprint density at radius 2 is 1.71 bits per heavy atom. The van der Waals surface area contributed by atoms with Crippen LogP contribution in [0.5, 0.6) is 11.5 Å². The molecule has 1 amide bonds. The monoisotopic (exact) mass is 525 g/mol. The minimum atomic E-state index is -0.878. The second-order valence-corrected chi connectivity index (χ2v) is 13.3. The smallest absolute Gasteiger partial charge is 0.222 e. The fraction of sp³-hybridized carbons (Fsp3) is 0.750. The average Bonchev–Trinajstić information content (AvgIpc) is 3.22. The van der Waals surface area contributed by atoms with E-state index in [1.165, 1.54) is 6.42 Å². The van der Waals surface area contributed by atoms with Crippen molar-refractivity contribution >= 4 is 11.7 Å². The normalized spacial score (nSPS) is 38.1. The van der Waals surface area contributed by atoms with Gasteiger partial charge in [0.15, 0.2) is 0 Å². The molecular formula is C32H47NO5. The Labute approximate surface area is 228 Å². The molecule has 4 saturated carbocycles. The molecule has 0 aliphatic heterocycles. The molecule has 0 bridgehead atoms. The highest BCUT2D eigenvalue weighted by Gasteiger charge is 2.61. The molecule has 0 aromatic heterocycles. The Kier molecular flexibility index (Phi) is 7.34. The molecule has 1 aromatic rings. The molecule has 0 unspecified atom stereocenters. The number of hydrogen-bond donors (Lipinski definition) is 1. The highest BCUT2D eigenvalue weighted by Crippen LogP contribution is 2.66. The average molecular weight is 526 g/mol. The summed E-state index contributed by atoms with van der Waals surface area (Å²) in [7, 11) is 3.25. The predicted octanol–water partition coefficient (Wildman–Crippen LogP) is 5.79. The SMILES string of the molecule is CCC(=O)N(Cc1cc(OC)cc(OC)c1)C[C@@]1(O)CC[C@@]2(C)[C@@H](CC[C@@H]3[C@@H]2CC[C@]2(C)C(=O)CC[C@@H]32)C1. The van der Waals surface area contributed by atoms with Crippen LogP contribution in [0.3, 0.4) is 0 Å². The van der Waals surface area contributed by atoms with Crippen molar-refractivity contribution in [1.82, 2.24) is 4.90 Å². The van der Waals surface area contributed by atoms with Gasteiger partial charge in [0.1, 0.15) is 17.3 Å². The van der Waals surface area contributed by atoms with Crippen molar-refractivity contribution in [2.75, 3.05) is 20.8 Å². The summed E-state index contributed by atoms with van der Waals surface area (Å²) in [6.45, 7) is 7.38. The summed E-state index contributed by atoms with van der Waals surface area (Å²) in [5.74, 6) is 4.24. The highest BCUT2D eigenvalue weighted by molar-refractivity contribution is 5.87. The maximum absolute atomic E-state index is 13.1. The second-order valence-electron chi connectivity index (χ2n) is 13.3. The first-order chi connectivity index (χ1) is 18.0. The van der Waals surface area contributed by atoms with Gasteiger partial charge in [-0.1, -0.05) is 20.8 Å². The van der Waals surface area contributed by atoms with Crippen molar-refractivity contribution in [2.45, 2.75) is 97.1 Å². The zero-order valence-corrected chi connectivity index (χ0v) is 24.1. The van der Waals surface area contributed by atoms with Gasteiger partial charge in [-0.25, -0.2) is 0 Å². The summed E-state index contributed by atoms with van der Waals surface area (Å²) < 4.78 is 10.9. The number of rotatable bonds is 7. The summed E-state index contributed by atoms with van der Waals surface area (Å²) in [5, 5.41) is 12.0. The van der Waals surface area contributed by atoms with Crippen LogP contribution >= 0.6 is 0 Å². The van der Waals surface area contributed by atoms with Gasteiger partial charge in [0.25, 0.3) is 0 Å². The largest absolute Gasteiger partial charge is 0.497 e. The lowest BCUT2D eigenvalue weighted by Crippen LogP contribution is -2.58. The molecule has 4 aliphatic carbocycles. The van der Waals surface area contributed by atoms with E-state index in [-0.39, 0.29) is 16.7 Å². The molecule has 5 rings (SSSR count). The highest BCUT2D eigenvalue weighted by atomic mass is 16.5. The summed E-state index contributed by atoms with van der Waals surface area (Å²) in [5.41, 5.74) is 0.173. The number of fused-ring (bicyclic) bond motifs is 5. The molecule has 4 aliphatic rings. The molecule has 0 heterocycles. The molecule has 0 spiro atoms. The molecule has 7 atom stereocenters. The zero-order chi connectivity index (χ0) is 27.3. The Bertz CT molecular complexity index is 1050. The van der Waals surface area contributed by atoms with E-state index in [2.05, 4.69) is 13.8 Å². The summed E-state index contributed by atoms with van der Waals surface area (Å²) >= 11 is 0. The number of nitrogens with zero attached hydrogens (tertiary/aromatic N) is 1. The van der Waals surface area contributed by atoms with E-state index in [1.54, 1.807) is 14.2 Å². The van der Waals surface area contributed by atoms with Gasteiger partial charge in [0.2, 0.25) is 5.91 Å². The van der Waals surface area contributed by atoms with Gasteiger partial charge in [0.05, 0.1) is 19.8 Å². The summed E-state index contributed by atoms with van der Waals surface area (Å²) in [6.07, 6.45) is 9.19. The summed E-state index contributed by atoms with van der Waals surface area (Å²) in [4.78, 5) is 27.7. The van der Waals surface area contributed by atoms with Gasteiger partial charge in [-0.2, -0.15) is 0 Å². The van der Waals surface area contributed by atoms with Gasteiger partial charge in [-0.05, 0) is 98.1 Å². The molecule has 38 heavy (non-hydrogen) atoms. The van der Waals surface area contributed by atoms with Crippen LogP contribution in [-0.4, -0.2) is 48.1 Å². The third kappa shape index (κ3) is 4.65. The van der Waals surface area contributed by atoms with Crippen molar-refractivity contribution < 1.29 is 24.2 Å². The first-order valence-electron chi connectivity index (χ1n) is 14.8. The first-order valence-corrected chi connectivity index (χ1v) is 14.8. The van der Waals surface area contributed by atoms with Crippen molar-refractivity contribution in [3.05, 3.63) is 23.8 Å². The van der Waals surface area contributed by atoms with Crippen LogP contribution in [0.15, 0.2) is 18.2 Å². The van der Waals surface area contributed by atoms with Gasteiger partial charge >= 0.3 is 0 Å². The molecule has 6 nitrogen and oxygen atoms in total. The van der Waals surface area contributed by atoms with E-state index in [9.17, 15) is 14.7 Å². The van der Waals surface area contributed by atoms with Crippen LogP contribution in [-0.2, 0) is 16.1 Å². The van der Waals surface area contributed by atoms with Crippen molar-refractivity contribution in [2.24, 2.45) is 34.5 Å². The Morgan fingerprint density at radius 1 is 1.00 bits per heavy atom. The number of ketones is 1. The maximum atomic E-state index is 13.1. The minimum absolute atomic E-state index is 0.0507. The zero-order valence-electron chi connectivity index (χ0n) is 24.1. The van der Waals surface area contributed by atoms with Crippen LogP contribution in [0.25, 0.3) is 0 Å². The third-order valence-corrected chi connectivity index (χ3v) is 11.5. The number of benzene rings is 1. The molecule has 210 valence electrons. The lowest BCUT2D eigenvalue weighted by atomic mass is 9.44. The van der Waals surface area contributed by atoms with Crippen molar-refractivity contribution in [3.8, 4) is 11.5 Å². The Balaban J connectivity index is 1.32. The van der Waals surface area contributed by atoms with E-state index < -0.39 is 5.60 Å². The lowest BCUT2D eigenvalue weighted by molar-refractivity contribution is -0.161. The van der Waals surface area contributed by atoms with Gasteiger partial charge < -0.3 is 19.5 Å². The van der Waals surface area contributed by atoms with Crippen molar-refractivity contribution in [3.63, 3.8) is 0 Å². The number of Topliss-reactive ketones (excluding diaryl/α,β-unsaturated/α-hetero) is 1. The van der Waals surface area contributed by atoms with E-state index in [0.717, 1.165) is 56.9 Å². The fourth-order valence-electron chi connectivity index (χ4n) is 9.23. The van der Waals surface area contributed by atoms with Gasteiger partial charge in [0, 0.05) is 37.4 Å². The van der Waals surface area contributed by atoms with E-state index in [0.29, 0.717) is 60.5 Å². The van der Waals surface area contributed by atoms with Crippen LogP contribution in [0.4, 0.5) is 0 Å². The Hall–Kier alpha value is -2.08. The van der Waals surface area contributed by atoms with Crippen molar-refractivity contribution in [1.29, 1.82) is 0 Å². The lowest BCUT2D eigenvalue weighted by Gasteiger charge is -2.61. The van der Waals surface area contributed by atoms with Crippen LogP contribution in [0.1, 0.15) is 90.5 Å². The second kappa shape index (κ2) is 10.1. The fourth-order valence-corrected chi connectivity index (χ4v) is 9.23. The quantitative estimate of drug-likeness (QED) is 0.488. The molecule has 6 heteroatoms. The number of aliphatic hydroxyl groups is 1.